The maximum absolute atomic E-state index is 11.4. The number of hydrogen-bond donors (Lipinski definition) is 2. The number of carboxylic acid groups (broad SMARTS) is 1. The van der Waals surface area contributed by atoms with Gasteiger partial charge in [-0.1, -0.05) is 6.08 Å². The van der Waals surface area contributed by atoms with Crippen LogP contribution in [0.15, 0.2) is 28.2 Å². The molecule has 0 atom stereocenters. The van der Waals surface area contributed by atoms with E-state index in [9.17, 15) is 9.59 Å². The van der Waals surface area contributed by atoms with Gasteiger partial charge in [0.15, 0.2) is 0 Å². The van der Waals surface area contributed by atoms with E-state index in [0.717, 1.165) is 0 Å². The summed E-state index contributed by atoms with van der Waals surface area (Å²) < 4.78 is 4.98. The third kappa shape index (κ3) is 2.98. The Morgan fingerprint density at radius 3 is 2.69 bits per heavy atom. The number of amides is 1. The van der Waals surface area contributed by atoms with E-state index in [1.807, 2.05) is 0 Å². The molecule has 5 nitrogen and oxygen atoms in total. The lowest BCUT2D eigenvalue weighted by molar-refractivity contribution is -0.117. The Morgan fingerprint density at radius 1 is 1.50 bits per heavy atom. The number of furan rings is 1. The van der Waals surface area contributed by atoms with E-state index in [1.165, 1.54) is 12.1 Å². The van der Waals surface area contributed by atoms with E-state index >= 15 is 0 Å². The molecule has 0 fully saturated rings. The van der Waals surface area contributed by atoms with Gasteiger partial charge in [-0.25, -0.2) is 4.79 Å². The molecule has 2 N–H and O–H groups in total. The summed E-state index contributed by atoms with van der Waals surface area (Å²) >= 11 is 0. The molecule has 0 aromatic carbocycles. The van der Waals surface area contributed by atoms with Crippen molar-refractivity contribution in [1.82, 2.24) is 5.32 Å². The Bertz CT molecular complexity index is 431. The first kappa shape index (κ1) is 12.0. The summed E-state index contributed by atoms with van der Waals surface area (Å²) in [6, 6.07) is 2.88. The highest BCUT2D eigenvalue weighted by Crippen LogP contribution is 2.07. The third-order valence-electron chi connectivity index (χ3n) is 2.09. The molecular formula is C11H13NO4. The van der Waals surface area contributed by atoms with Crippen molar-refractivity contribution in [2.24, 2.45) is 0 Å². The van der Waals surface area contributed by atoms with Crippen LogP contribution in [0.2, 0.25) is 0 Å². The van der Waals surface area contributed by atoms with Crippen LogP contribution in [0.3, 0.4) is 0 Å². The molecule has 0 bridgehead atoms. The third-order valence-corrected chi connectivity index (χ3v) is 2.09. The predicted octanol–water partition coefficient (Wildman–Crippen LogP) is 1.56. The van der Waals surface area contributed by atoms with Gasteiger partial charge in [0.25, 0.3) is 0 Å². The molecule has 0 aliphatic carbocycles. The van der Waals surface area contributed by atoms with Crippen LogP contribution in [0.4, 0.5) is 0 Å². The van der Waals surface area contributed by atoms with E-state index in [4.69, 9.17) is 9.52 Å². The second-order valence-electron chi connectivity index (χ2n) is 3.23. The smallest absolute Gasteiger partial charge is 0.371 e. The molecule has 1 aromatic rings. The molecular weight excluding hydrogens is 210 g/mol. The number of rotatable bonds is 4. The van der Waals surface area contributed by atoms with E-state index in [0.29, 0.717) is 11.3 Å². The van der Waals surface area contributed by atoms with E-state index < -0.39 is 5.97 Å². The summed E-state index contributed by atoms with van der Waals surface area (Å²) in [4.78, 5) is 21.9. The number of carboxylic acids is 1. The van der Waals surface area contributed by atoms with Crippen molar-refractivity contribution in [3.8, 4) is 0 Å². The van der Waals surface area contributed by atoms with Gasteiger partial charge in [0.05, 0.1) is 6.54 Å². The van der Waals surface area contributed by atoms with Crippen LogP contribution in [-0.2, 0) is 11.3 Å². The molecule has 1 amide bonds. The molecule has 0 aliphatic rings. The Labute approximate surface area is 92.8 Å². The van der Waals surface area contributed by atoms with Crippen LogP contribution in [0, 0.1) is 0 Å². The summed E-state index contributed by atoms with van der Waals surface area (Å²) in [6.45, 7) is 3.64. The number of carbonyl (C=O) groups excluding carboxylic acids is 1. The Kier molecular flexibility index (Phi) is 3.88. The lowest BCUT2D eigenvalue weighted by Gasteiger charge is -2.02. The molecule has 5 heteroatoms. The summed E-state index contributed by atoms with van der Waals surface area (Å²) in [6.07, 6.45) is 1.69. The highest BCUT2D eigenvalue weighted by atomic mass is 16.4. The number of carbonyl (C=O) groups is 2. The van der Waals surface area contributed by atoms with Gasteiger partial charge in [0, 0.05) is 5.57 Å². The van der Waals surface area contributed by atoms with Crippen molar-refractivity contribution < 1.29 is 19.1 Å². The van der Waals surface area contributed by atoms with Crippen molar-refractivity contribution in [3.05, 3.63) is 35.3 Å². The fraction of sp³-hybridized carbons (Fsp3) is 0.273. The van der Waals surface area contributed by atoms with Gasteiger partial charge in [0.2, 0.25) is 11.7 Å². The fourth-order valence-corrected chi connectivity index (χ4v) is 1.03. The van der Waals surface area contributed by atoms with Crippen LogP contribution in [-0.4, -0.2) is 17.0 Å². The molecule has 86 valence electrons. The van der Waals surface area contributed by atoms with Crippen molar-refractivity contribution in [1.29, 1.82) is 0 Å². The van der Waals surface area contributed by atoms with Crippen LogP contribution < -0.4 is 5.32 Å². The topological polar surface area (TPSA) is 79.5 Å². The second kappa shape index (κ2) is 5.16. The standard InChI is InChI=1S/C11H13NO4/c1-3-7(2)10(13)12-6-8-4-5-9(16-8)11(14)15/h3-5H,6H2,1-2H3,(H,12,13)(H,14,15). The molecule has 16 heavy (non-hydrogen) atoms. The lowest BCUT2D eigenvalue weighted by atomic mass is 10.3. The maximum atomic E-state index is 11.4. The van der Waals surface area contributed by atoms with Crippen LogP contribution in [0.25, 0.3) is 0 Å². The summed E-state index contributed by atoms with van der Waals surface area (Å²) in [5, 5.41) is 11.2. The number of aromatic carboxylic acids is 1. The zero-order valence-electron chi connectivity index (χ0n) is 9.11. The minimum Gasteiger partial charge on any atom is -0.475 e. The van der Waals surface area contributed by atoms with E-state index in [-0.39, 0.29) is 18.2 Å². The number of nitrogens with one attached hydrogen (secondary N) is 1. The number of hydrogen-bond acceptors (Lipinski definition) is 3. The van der Waals surface area contributed by atoms with Crippen LogP contribution in [0.5, 0.6) is 0 Å². The molecule has 0 saturated heterocycles. The van der Waals surface area contributed by atoms with Gasteiger partial charge in [0.1, 0.15) is 5.76 Å². The van der Waals surface area contributed by atoms with E-state index in [1.54, 1.807) is 19.9 Å². The zero-order chi connectivity index (χ0) is 12.1. The van der Waals surface area contributed by atoms with Crippen molar-refractivity contribution in [3.63, 3.8) is 0 Å². The minimum atomic E-state index is -1.12. The van der Waals surface area contributed by atoms with E-state index in [2.05, 4.69) is 5.32 Å². The predicted molar refractivity (Wildman–Crippen MR) is 56.9 cm³/mol. The zero-order valence-corrected chi connectivity index (χ0v) is 9.11. The summed E-state index contributed by atoms with van der Waals surface area (Å²) in [5.74, 6) is -1.04. The second-order valence-corrected chi connectivity index (χ2v) is 3.23. The van der Waals surface area contributed by atoms with Crippen LogP contribution in [0.1, 0.15) is 30.2 Å². The Balaban J connectivity index is 2.55. The summed E-state index contributed by atoms with van der Waals surface area (Å²) in [7, 11) is 0. The largest absolute Gasteiger partial charge is 0.475 e. The molecule has 0 saturated carbocycles. The average Bonchev–Trinajstić information content (AvgIpc) is 2.73. The van der Waals surface area contributed by atoms with Gasteiger partial charge in [-0.15, -0.1) is 0 Å². The van der Waals surface area contributed by atoms with Gasteiger partial charge >= 0.3 is 5.97 Å². The van der Waals surface area contributed by atoms with Gasteiger partial charge < -0.3 is 14.8 Å². The molecule has 0 aliphatic heterocycles. The molecule has 0 unspecified atom stereocenters. The molecule has 1 aromatic heterocycles. The van der Waals surface area contributed by atoms with Crippen molar-refractivity contribution >= 4 is 11.9 Å². The normalized spacial score (nSPS) is 11.2. The monoisotopic (exact) mass is 223 g/mol. The Hall–Kier alpha value is -2.04. The molecule has 0 spiro atoms. The van der Waals surface area contributed by atoms with Crippen LogP contribution >= 0.6 is 0 Å². The molecule has 1 heterocycles. The van der Waals surface area contributed by atoms with Crippen molar-refractivity contribution in [2.45, 2.75) is 20.4 Å². The fourth-order valence-electron chi connectivity index (χ4n) is 1.03. The lowest BCUT2D eigenvalue weighted by Crippen LogP contribution is -2.23. The number of allylic oxidation sites excluding steroid dienone is 1. The first-order valence-corrected chi connectivity index (χ1v) is 4.77. The summed E-state index contributed by atoms with van der Waals surface area (Å²) in [5.41, 5.74) is 0.602. The maximum Gasteiger partial charge on any atom is 0.371 e. The quantitative estimate of drug-likeness (QED) is 0.759. The van der Waals surface area contributed by atoms with Crippen molar-refractivity contribution in [2.75, 3.05) is 0 Å². The highest BCUT2D eigenvalue weighted by Gasteiger charge is 2.09. The SMILES string of the molecule is CC=C(C)C(=O)NCc1ccc(C(=O)O)o1. The minimum absolute atomic E-state index is 0.132. The average molecular weight is 223 g/mol. The van der Waals surface area contributed by atoms with Gasteiger partial charge in [-0.3, -0.25) is 4.79 Å². The first-order chi connectivity index (χ1) is 7.54. The first-order valence-electron chi connectivity index (χ1n) is 4.77. The van der Waals surface area contributed by atoms with Gasteiger partial charge in [-0.05, 0) is 26.0 Å². The molecule has 1 rings (SSSR count). The van der Waals surface area contributed by atoms with Gasteiger partial charge in [-0.2, -0.15) is 0 Å². The molecule has 0 radical (unpaired) electrons. The highest BCUT2D eigenvalue weighted by molar-refractivity contribution is 5.92. The Morgan fingerprint density at radius 2 is 2.19 bits per heavy atom.